The van der Waals surface area contributed by atoms with Crippen LogP contribution in [0.5, 0.6) is 5.75 Å². The van der Waals surface area contributed by atoms with Crippen LogP contribution in [0.1, 0.15) is 17.2 Å². The van der Waals surface area contributed by atoms with E-state index in [-0.39, 0.29) is 5.75 Å². The van der Waals surface area contributed by atoms with Crippen LogP contribution in [0.3, 0.4) is 0 Å². The molecule has 0 aliphatic carbocycles. The zero-order chi connectivity index (χ0) is 13.1. The maximum atomic E-state index is 13.6. The molecule has 2 aromatic rings. The summed E-state index contributed by atoms with van der Waals surface area (Å²) < 4.78 is 19.5. The third kappa shape index (κ3) is 2.81. The second-order valence-electron chi connectivity index (χ2n) is 3.85. The van der Waals surface area contributed by atoms with Crippen molar-refractivity contribution in [2.24, 2.45) is 0 Å². The maximum Gasteiger partial charge on any atom is 0.165 e. The predicted molar refractivity (Wildman–Crippen MR) is 76.2 cm³/mol. The van der Waals surface area contributed by atoms with Gasteiger partial charge in [0.15, 0.2) is 11.6 Å². The number of ether oxygens (including phenoxy) is 1. The largest absolute Gasteiger partial charge is 0.494 e. The molecule has 1 atom stereocenters. The van der Waals surface area contributed by atoms with Gasteiger partial charge in [0.05, 0.1) is 7.11 Å². The molecule has 0 saturated heterocycles. The second-order valence-corrected chi connectivity index (χ2v) is 5.09. The lowest BCUT2D eigenvalue weighted by Crippen LogP contribution is -2.01. The van der Waals surface area contributed by atoms with Gasteiger partial charge in [-0.3, -0.25) is 0 Å². The first-order valence-corrected chi connectivity index (χ1v) is 6.46. The van der Waals surface area contributed by atoms with Gasteiger partial charge in [0.1, 0.15) is 6.10 Å². The van der Waals surface area contributed by atoms with Crippen LogP contribution in [0.15, 0.2) is 42.5 Å². The normalized spacial score (nSPS) is 12.2. The van der Waals surface area contributed by atoms with Crippen LogP contribution >= 0.6 is 22.6 Å². The molecular weight excluding hydrogens is 346 g/mol. The average Bonchev–Trinajstić information content (AvgIpc) is 2.38. The molecule has 0 fully saturated rings. The van der Waals surface area contributed by atoms with E-state index < -0.39 is 11.9 Å². The van der Waals surface area contributed by atoms with E-state index in [2.05, 4.69) is 22.6 Å². The molecule has 2 nitrogen and oxygen atoms in total. The molecule has 0 heterocycles. The standard InChI is InChI=1S/C14H12FIO2/c1-18-13-7-4-10(8-12(13)15)14(17)9-2-5-11(16)6-3-9/h2-8,14,17H,1H3. The van der Waals surface area contributed by atoms with E-state index in [4.69, 9.17) is 4.74 Å². The fourth-order valence-corrected chi connectivity index (χ4v) is 2.05. The van der Waals surface area contributed by atoms with Gasteiger partial charge in [-0.2, -0.15) is 0 Å². The molecule has 0 spiro atoms. The summed E-state index contributed by atoms with van der Waals surface area (Å²) in [5.74, 6) is -0.298. The first-order valence-electron chi connectivity index (χ1n) is 5.39. The number of rotatable bonds is 3. The van der Waals surface area contributed by atoms with Crippen molar-refractivity contribution in [2.75, 3.05) is 7.11 Å². The van der Waals surface area contributed by atoms with Crippen LogP contribution in [-0.4, -0.2) is 12.2 Å². The Labute approximate surface area is 119 Å². The molecule has 1 unspecified atom stereocenters. The number of methoxy groups -OCH3 is 1. The van der Waals surface area contributed by atoms with Crippen LogP contribution in [0.25, 0.3) is 0 Å². The van der Waals surface area contributed by atoms with Crippen molar-refractivity contribution >= 4 is 22.6 Å². The first kappa shape index (κ1) is 13.3. The summed E-state index contributed by atoms with van der Waals surface area (Å²) in [6, 6.07) is 11.9. The Balaban J connectivity index is 2.31. The van der Waals surface area contributed by atoms with Crippen LogP contribution in [0.2, 0.25) is 0 Å². The molecule has 1 N–H and O–H groups in total. The van der Waals surface area contributed by atoms with Gasteiger partial charge in [0, 0.05) is 3.57 Å². The quantitative estimate of drug-likeness (QED) is 0.851. The third-order valence-electron chi connectivity index (χ3n) is 2.68. The number of aliphatic hydroxyl groups is 1. The Hall–Kier alpha value is -1.14. The van der Waals surface area contributed by atoms with Crippen molar-refractivity contribution in [3.8, 4) is 5.75 Å². The lowest BCUT2D eigenvalue weighted by atomic mass is 10.0. The van der Waals surface area contributed by atoms with Crippen LogP contribution < -0.4 is 4.74 Å². The molecule has 18 heavy (non-hydrogen) atoms. The van der Waals surface area contributed by atoms with E-state index in [1.54, 1.807) is 6.07 Å². The van der Waals surface area contributed by atoms with Crippen molar-refractivity contribution in [3.05, 3.63) is 63.0 Å². The summed E-state index contributed by atoms with van der Waals surface area (Å²) >= 11 is 2.19. The number of halogens is 2. The average molecular weight is 358 g/mol. The molecule has 0 bridgehead atoms. The predicted octanol–water partition coefficient (Wildman–Crippen LogP) is 3.52. The monoisotopic (exact) mass is 358 g/mol. The van der Waals surface area contributed by atoms with Gasteiger partial charge >= 0.3 is 0 Å². The smallest absolute Gasteiger partial charge is 0.165 e. The fraction of sp³-hybridized carbons (Fsp3) is 0.143. The molecule has 0 radical (unpaired) electrons. The van der Waals surface area contributed by atoms with Gasteiger partial charge in [0.25, 0.3) is 0 Å². The van der Waals surface area contributed by atoms with E-state index >= 15 is 0 Å². The molecule has 2 rings (SSSR count). The van der Waals surface area contributed by atoms with Gasteiger partial charge in [-0.1, -0.05) is 18.2 Å². The zero-order valence-electron chi connectivity index (χ0n) is 9.73. The van der Waals surface area contributed by atoms with Crippen LogP contribution in [-0.2, 0) is 0 Å². The van der Waals surface area contributed by atoms with Gasteiger partial charge in [-0.15, -0.1) is 0 Å². The Bertz CT molecular complexity index is 540. The molecule has 0 amide bonds. The van der Waals surface area contributed by atoms with Gasteiger partial charge < -0.3 is 9.84 Å². The Morgan fingerprint density at radius 3 is 2.28 bits per heavy atom. The lowest BCUT2D eigenvalue weighted by molar-refractivity contribution is 0.219. The van der Waals surface area contributed by atoms with Crippen molar-refractivity contribution in [3.63, 3.8) is 0 Å². The Morgan fingerprint density at radius 1 is 1.11 bits per heavy atom. The molecule has 0 aliphatic rings. The highest BCUT2D eigenvalue weighted by Crippen LogP contribution is 2.26. The van der Waals surface area contributed by atoms with Gasteiger partial charge in [-0.25, -0.2) is 4.39 Å². The third-order valence-corrected chi connectivity index (χ3v) is 3.40. The summed E-state index contributed by atoms with van der Waals surface area (Å²) in [5.41, 5.74) is 1.24. The van der Waals surface area contributed by atoms with E-state index in [0.717, 1.165) is 9.13 Å². The summed E-state index contributed by atoms with van der Waals surface area (Å²) in [6.07, 6.45) is -0.831. The topological polar surface area (TPSA) is 29.5 Å². The number of hydrogen-bond acceptors (Lipinski definition) is 2. The van der Waals surface area contributed by atoms with Crippen molar-refractivity contribution in [1.29, 1.82) is 0 Å². The van der Waals surface area contributed by atoms with Gasteiger partial charge in [0.2, 0.25) is 0 Å². The van der Waals surface area contributed by atoms with Crippen molar-refractivity contribution in [1.82, 2.24) is 0 Å². The summed E-state index contributed by atoms with van der Waals surface area (Å²) in [4.78, 5) is 0. The minimum atomic E-state index is -0.831. The summed E-state index contributed by atoms with van der Waals surface area (Å²) in [7, 11) is 1.41. The molecule has 2 aromatic carbocycles. The van der Waals surface area contributed by atoms with Crippen molar-refractivity contribution in [2.45, 2.75) is 6.10 Å². The highest BCUT2D eigenvalue weighted by atomic mass is 127. The molecule has 94 valence electrons. The molecular formula is C14H12FIO2. The number of hydrogen-bond donors (Lipinski definition) is 1. The number of benzene rings is 2. The molecule has 0 aromatic heterocycles. The number of aliphatic hydroxyl groups excluding tert-OH is 1. The zero-order valence-corrected chi connectivity index (χ0v) is 11.9. The second kappa shape index (κ2) is 5.67. The van der Waals surface area contributed by atoms with E-state index in [1.165, 1.54) is 19.2 Å². The lowest BCUT2D eigenvalue weighted by Gasteiger charge is -2.12. The van der Waals surface area contributed by atoms with Crippen LogP contribution in [0.4, 0.5) is 4.39 Å². The Kier molecular flexibility index (Phi) is 4.19. The molecule has 0 saturated carbocycles. The van der Waals surface area contributed by atoms with Crippen LogP contribution in [0, 0.1) is 9.39 Å². The SMILES string of the molecule is COc1ccc(C(O)c2ccc(I)cc2)cc1F. The van der Waals surface area contributed by atoms with E-state index in [1.807, 2.05) is 24.3 Å². The maximum absolute atomic E-state index is 13.6. The van der Waals surface area contributed by atoms with Gasteiger partial charge in [-0.05, 0) is 58.0 Å². The highest BCUT2D eigenvalue weighted by molar-refractivity contribution is 14.1. The minimum Gasteiger partial charge on any atom is -0.494 e. The Morgan fingerprint density at radius 2 is 1.72 bits per heavy atom. The first-order chi connectivity index (χ1) is 8.61. The summed E-state index contributed by atoms with van der Waals surface area (Å²) in [5, 5.41) is 10.2. The minimum absolute atomic E-state index is 0.175. The van der Waals surface area contributed by atoms with Crippen molar-refractivity contribution < 1.29 is 14.2 Å². The van der Waals surface area contributed by atoms with E-state index in [0.29, 0.717) is 5.56 Å². The fourth-order valence-electron chi connectivity index (χ4n) is 1.69. The van der Waals surface area contributed by atoms with E-state index in [9.17, 15) is 9.50 Å². The summed E-state index contributed by atoms with van der Waals surface area (Å²) in [6.45, 7) is 0. The molecule has 0 aliphatic heterocycles. The highest BCUT2D eigenvalue weighted by Gasteiger charge is 2.13. The molecule has 4 heteroatoms.